The quantitative estimate of drug-likeness (QED) is 0.652. The van der Waals surface area contributed by atoms with E-state index in [1.807, 2.05) is 0 Å². The zero-order valence-electron chi connectivity index (χ0n) is 8.88. The fourth-order valence-electron chi connectivity index (χ4n) is 1.78. The Morgan fingerprint density at radius 3 is 2.62 bits per heavy atom. The second kappa shape index (κ2) is 2.90. The van der Waals surface area contributed by atoms with E-state index in [1.165, 1.54) is 24.8 Å². The highest BCUT2D eigenvalue weighted by atomic mass is 15.0. The van der Waals surface area contributed by atoms with Gasteiger partial charge in [-0.2, -0.15) is 0 Å². The van der Waals surface area contributed by atoms with E-state index < -0.39 is 0 Å². The maximum atomic E-state index is 2.38. The molecule has 1 nitrogen and oxygen atoms in total. The molecule has 1 aromatic heterocycles. The molecule has 1 aromatic rings. The minimum atomic E-state index is 0.412. The summed E-state index contributed by atoms with van der Waals surface area (Å²) in [6.07, 6.45) is 8.50. The van der Waals surface area contributed by atoms with E-state index in [0.29, 0.717) is 5.41 Å². The Labute approximate surface area is 80.8 Å². The zero-order valence-corrected chi connectivity index (χ0v) is 8.88. The van der Waals surface area contributed by atoms with Gasteiger partial charge in [0, 0.05) is 18.4 Å². The Bertz CT molecular complexity index is 286. The van der Waals surface area contributed by atoms with Crippen LogP contribution in [-0.4, -0.2) is 4.57 Å². The van der Waals surface area contributed by atoms with Crippen molar-refractivity contribution in [3.8, 4) is 0 Å². The number of nitrogens with zero attached hydrogens (tertiary/aromatic N) is 1. The molecule has 1 aliphatic carbocycles. The summed E-state index contributed by atoms with van der Waals surface area (Å²) in [5.41, 5.74) is 1.90. The standard InChI is InChI=1S/C12H19N/c1-12(2,3)8-10-6-7-13(9-10)11-4-5-11/h6-7,9,11H,4-5,8H2,1-3H3. The minimum absolute atomic E-state index is 0.412. The van der Waals surface area contributed by atoms with Crippen molar-refractivity contribution in [2.45, 2.75) is 46.1 Å². The third kappa shape index (κ3) is 2.36. The first kappa shape index (κ1) is 8.86. The topological polar surface area (TPSA) is 4.93 Å². The molecule has 0 bridgehead atoms. The van der Waals surface area contributed by atoms with Gasteiger partial charge in [-0.25, -0.2) is 0 Å². The Balaban J connectivity index is 2.04. The molecule has 1 heterocycles. The third-order valence-electron chi connectivity index (χ3n) is 2.48. The third-order valence-corrected chi connectivity index (χ3v) is 2.48. The summed E-state index contributed by atoms with van der Waals surface area (Å²) in [6, 6.07) is 3.09. The van der Waals surface area contributed by atoms with Gasteiger partial charge in [0.05, 0.1) is 0 Å². The monoisotopic (exact) mass is 177 g/mol. The molecule has 0 unspecified atom stereocenters. The molecule has 0 saturated heterocycles. The number of aromatic nitrogens is 1. The smallest absolute Gasteiger partial charge is 0.0332 e. The van der Waals surface area contributed by atoms with Crippen LogP contribution in [0.5, 0.6) is 0 Å². The lowest BCUT2D eigenvalue weighted by molar-refractivity contribution is 0.411. The van der Waals surface area contributed by atoms with E-state index in [4.69, 9.17) is 0 Å². The van der Waals surface area contributed by atoms with Crippen LogP contribution in [-0.2, 0) is 6.42 Å². The van der Waals surface area contributed by atoms with Gasteiger partial charge in [0.15, 0.2) is 0 Å². The van der Waals surface area contributed by atoms with E-state index >= 15 is 0 Å². The van der Waals surface area contributed by atoms with E-state index in [1.54, 1.807) is 0 Å². The van der Waals surface area contributed by atoms with Crippen molar-refractivity contribution < 1.29 is 0 Å². The van der Waals surface area contributed by atoms with Gasteiger partial charge in [-0.1, -0.05) is 20.8 Å². The summed E-state index contributed by atoms with van der Waals surface area (Å²) in [7, 11) is 0. The molecule has 2 rings (SSSR count). The van der Waals surface area contributed by atoms with E-state index in [2.05, 4.69) is 43.8 Å². The highest BCUT2D eigenvalue weighted by molar-refractivity contribution is 5.13. The zero-order chi connectivity index (χ0) is 9.47. The van der Waals surface area contributed by atoms with Gasteiger partial charge in [-0.3, -0.25) is 0 Å². The van der Waals surface area contributed by atoms with Crippen LogP contribution in [0.25, 0.3) is 0 Å². The van der Waals surface area contributed by atoms with Crippen LogP contribution >= 0.6 is 0 Å². The lowest BCUT2D eigenvalue weighted by Gasteiger charge is -2.16. The van der Waals surface area contributed by atoms with Gasteiger partial charge in [0.25, 0.3) is 0 Å². The molecule has 13 heavy (non-hydrogen) atoms. The molecule has 1 aliphatic rings. The molecule has 0 N–H and O–H groups in total. The lowest BCUT2D eigenvalue weighted by atomic mass is 9.89. The molecule has 72 valence electrons. The number of hydrogen-bond acceptors (Lipinski definition) is 0. The average Bonchev–Trinajstić information content (AvgIpc) is 2.72. The van der Waals surface area contributed by atoms with Crippen LogP contribution in [0, 0.1) is 5.41 Å². The molecule has 0 aromatic carbocycles. The largest absolute Gasteiger partial charge is 0.351 e. The van der Waals surface area contributed by atoms with Crippen molar-refractivity contribution in [3.05, 3.63) is 24.0 Å². The molecule has 1 saturated carbocycles. The Hall–Kier alpha value is -0.720. The first-order valence-electron chi connectivity index (χ1n) is 5.21. The summed E-state index contributed by atoms with van der Waals surface area (Å²) >= 11 is 0. The highest BCUT2D eigenvalue weighted by Crippen LogP contribution is 2.35. The Morgan fingerprint density at radius 2 is 2.08 bits per heavy atom. The summed E-state index contributed by atoms with van der Waals surface area (Å²) in [5.74, 6) is 0. The summed E-state index contributed by atoms with van der Waals surface area (Å²) in [4.78, 5) is 0. The molecule has 1 heteroatoms. The van der Waals surface area contributed by atoms with Gasteiger partial charge >= 0.3 is 0 Å². The van der Waals surface area contributed by atoms with Gasteiger partial charge in [0.2, 0.25) is 0 Å². The Morgan fingerprint density at radius 1 is 1.38 bits per heavy atom. The Kier molecular flexibility index (Phi) is 1.98. The molecule has 0 radical (unpaired) electrons. The van der Waals surface area contributed by atoms with E-state index in [0.717, 1.165) is 6.04 Å². The van der Waals surface area contributed by atoms with Gasteiger partial charge in [0.1, 0.15) is 0 Å². The first-order valence-corrected chi connectivity index (χ1v) is 5.21. The van der Waals surface area contributed by atoms with Gasteiger partial charge < -0.3 is 4.57 Å². The first-order chi connectivity index (χ1) is 6.04. The second-order valence-electron chi connectivity index (χ2n) is 5.44. The van der Waals surface area contributed by atoms with Crippen molar-refractivity contribution in [2.24, 2.45) is 5.41 Å². The molecule has 0 atom stereocenters. The van der Waals surface area contributed by atoms with Crippen LogP contribution in [0.1, 0.15) is 45.2 Å². The molecule has 0 amide bonds. The van der Waals surface area contributed by atoms with Crippen molar-refractivity contribution in [3.63, 3.8) is 0 Å². The van der Waals surface area contributed by atoms with Crippen LogP contribution < -0.4 is 0 Å². The maximum absolute atomic E-state index is 2.38. The molecule has 1 fully saturated rings. The van der Waals surface area contributed by atoms with Crippen LogP contribution in [0.2, 0.25) is 0 Å². The summed E-state index contributed by atoms with van der Waals surface area (Å²) < 4.78 is 2.38. The normalized spacial score (nSPS) is 17.8. The predicted octanol–water partition coefficient (Wildman–Crippen LogP) is 3.41. The summed E-state index contributed by atoms with van der Waals surface area (Å²) in [5, 5.41) is 0. The maximum Gasteiger partial charge on any atom is 0.0332 e. The van der Waals surface area contributed by atoms with E-state index in [-0.39, 0.29) is 0 Å². The van der Waals surface area contributed by atoms with Crippen LogP contribution in [0.4, 0.5) is 0 Å². The molecular weight excluding hydrogens is 158 g/mol. The van der Waals surface area contributed by atoms with Crippen molar-refractivity contribution in [1.29, 1.82) is 0 Å². The number of hydrogen-bond donors (Lipinski definition) is 0. The SMILES string of the molecule is CC(C)(C)Cc1ccn(C2CC2)c1. The minimum Gasteiger partial charge on any atom is -0.351 e. The van der Waals surface area contributed by atoms with Crippen molar-refractivity contribution >= 4 is 0 Å². The fourth-order valence-corrected chi connectivity index (χ4v) is 1.78. The average molecular weight is 177 g/mol. The fraction of sp³-hybridized carbons (Fsp3) is 0.667. The summed E-state index contributed by atoms with van der Waals surface area (Å²) in [6.45, 7) is 6.88. The second-order valence-corrected chi connectivity index (χ2v) is 5.44. The van der Waals surface area contributed by atoms with Crippen molar-refractivity contribution in [2.75, 3.05) is 0 Å². The number of rotatable bonds is 2. The van der Waals surface area contributed by atoms with Crippen LogP contribution in [0.3, 0.4) is 0 Å². The van der Waals surface area contributed by atoms with Gasteiger partial charge in [-0.05, 0) is 36.3 Å². The molecular formula is C12H19N. The molecule has 0 spiro atoms. The van der Waals surface area contributed by atoms with Gasteiger partial charge in [-0.15, -0.1) is 0 Å². The molecule has 0 aliphatic heterocycles. The van der Waals surface area contributed by atoms with Crippen molar-refractivity contribution in [1.82, 2.24) is 4.57 Å². The predicted molar refractivity (Wildman–Crippen MR) is 55.9 cm³/mol. The van der Waals surface area contributed by atoms with Crippen LogP contribution in [0.15, 0.2) is 18.5 Å². The van der Waals surface area contributed by atoms with E-state index in [9.17, 15) is 0 Å². The lowest BCUT2D eigenvalue weighted by Crippen LogP contribution is -2.08. The highest BCUT2D eigenvalue weighted by Gasteiger charge is 2.23.